The van der Waals surface area contributed by atoms with Crippen molar-refractivity contribution >= 4 is 33.5 Å². The number of hydrogen-bond acceptors (Lipinski definition) is 5. The molecular formula is C16H21ClN2O6S. The van der Waals surface area contributed by atoms with Gasteiger partial charge in [0.2, 0.25) is 15.9 Å². The Hall–Kier alpha value is -1.84. The Bertz CT molecular complexity index is 775. The van der Waals surface area contributed by atoms with Crippen LogP contribution in [0.25, 0.3) is 0 Å². The van der Waals surface area contributed by atoms with Crippen molar-refractivity contribution in [3.8, 4) is 5.75 Å². The van der Waals surface area contributed by atoms with Crippen LogP contribution in [0.3, 0.4) is 0 Å². The van der Waals surface area contributed by atoms with Gasteiger partial charge in [-0.3, -0.25) is 9.59 Å². The van der Waals surface area contributed by atoms with Crippen molar-refractivity contribution < 1.29 is 27.9 Å². The van der Waals surface area contributed by atoms with E-state index in [0.29, 0.717) is 0 Å². The summed E-state index contributed by atoms with van der Waals surface area (Å²) in [6, 6.07) is 4.39. The van der Waals surface area contributed by atoms with E-state index in [4.69, 9.17) is 21.4 Å². The van der Waals surface area contributed by atoms with Gasteiger partial charge in [-0.05, 0) is 24.6 Å². The first-order valence-electron chi connectivity index (χ1n) is 8.09. The normalized spacial score (nSPS) is 15.7. The number of piperazine rings is 1. The second-order valence-electron chi connectivity index (χ2n) is 5.83. The number of carboxylic acids is 1. The summed E-state index contributed by atoms with van der Waals surface area (Å²) in [6.07, 6.45) is 0.349. The summed E-state index contributed by atoms with van der Waals surface area (Å²) in [5.41, 5.74) is 0. The number of carboxylic acid groups (broad SMARTS) is 1. The molecule has 1 saturated heterocycles. The number of carbonyl (C=O) groups is 2. The first-order chi connectivity index (χ1) is 12.3. The van der Waals surface area contributed by atoms with Gasteiger partial charge in [0, 0.05) is 44.0 Å². The molecule has 0 aliphatic carbocycles. The number of ether oxygens (including phenoxy) is 1. The number of halogens is 1. The fraction of sp³-hybridized carbons (Fsp3) is 0.500. The lowest BCUT2D eigenvalue weighted by Crippen LogP contribution is -2.50. The summed E-state index contributed by atoms with van der Waals surface area (Å²) < 4.78 is 32.1. The smallest absolute Gasteiger partial charge is 0.303 e. The van der Waals surface area contributed by atoms with Crippen molar-refractivity contribution in [2.45, 2.75) is 24.2 Å². The zero-order valence-corrected chi connectivity index (χ0v) is 15.9. The van der Waals surface area contributed by atoms with Gasteiger partial charge in [0.15, 0.2) is 0 Å². The topological polar surface area (TPSA) is 104 Å². The highest BCUT2D eigenvalue weighted by Crippen LogP contribution is 2.30. The zero-order valence-electron chi connectivity index (χ0n) is 14.4. The molecule has 1 aromatic carbocycles. The second kappa shape index (κ2) is 8.70. The molecule has 1 aliphatic heterocycles. The quantitative estimate of drug-likeness (QED) is 0.737. The number of rotatable bonds is 7. The first kappa shape index (κ1) is 20.5. The van der Waals surface area contributed by atoms with E-state index in [0.717, 1.165) is 0 Å². The molecule has 1 aliphatic rings. The first-order valence-corrected chi connectivity index (χ1v) is 9.90. The van der Waals surface area contributed by atoms with Crippen LogP contribution in [0.5, 0.6) is 5.75 Å². The number of benzene rings is 1. The fourth-order valence-electron chi connectivity index (χ4n) is 2.72. The Kier molecular flexibility index (Phi) is 6.85. The van der Waals surface area contributed by atoms with Gasteiger partial charge in [-0.2, -0.15) is 4.31 Å². The van der Waals surface area contributed by atoms with Crippen molar-refractivity contribution in [2.75, 3.05) is 33.3 Å². The summed E-state index contributed by atoms with van der Waals surface area (Å²) in [7, 11) is -2.41. The highest BCUT2D eigenvalue weighted by molar-refractivity contribution is 7.89. The molecule has 0 atom stereocenters. The molecule has 10 heteroatoms. The molecule has 0 radical (unpaired) electrons. The minimum absolute atomic E-state index is 0.00580. The van der Waals surface area contributed by atoms with Gasteiger partial charge in [0.1, 0.15) is 10.6 Å². The van der Waals surface area contributed by atoms with Crippen LogP contribution < -0.4 is 4.74 Å². The molecule has 1 aromatic rings. The van der Waals surface area contributed by atoms with Crippen molar-refractivity contribution in [1.82, 2.24) is 9.21 Å². The maximum Gasteiger partial charge on any atom is 0.303 e. The molecule has 144 valence electrons. The van der Waals surface area contributed by atoms with Gasteiger partial charge in [0.25, 0.3) is 0 Å². The third-order valence-electron chi connectivity index (χ3n) is 4.12. The van der Waals surface area contributed by atoms with Gasteiger partial charge in [0.05, 0.1) is 7.11 Å². The number of sulfonamides is 1. The molecule has 1 amide bonds. The Morgan fingerprint density at radius 1 is 1.19 bits per heavy atom. The van der Waals surface area contributed by atoms with E-state index in [1.165, 1.54) is 23.5 Å². The summed E-state index contributed by atoms with van der Waals surface area (Å²) in [6.45, 7) is 0.827. The van der Waals surface area contributed by atoms with Crippen LogP contribution in [0.4, 0.5) is 0 Å². The molecule has 1 N–H and O–H groups in total. The molecule has 0 spiro atoms. The van der Waals surface area contributed by atoms with E-state index in [9.17, 15) is 18.0 Å². The van der Waals surface area contributed by atoms with E-state index in [1.54, 1.807) is 11.0 Å². The van der Waals surface area contributed by atoms with E-state index in [2.05, 4.69) is 0 Å². The molecule has 0 bridgehead atoms. The summed E-state index contributed by atoms with van der Waals surface area (Å²) in [4.78, 5) is 24.1. The lowest BCUT2D eigenvalue weighted by atomic mass is 10.2. The standard InChI is InChI=1S/C16H21ClN2O6S/c1-25-13-6-5-12(17)11-14(13)26(23,24)19-9-7-18(8-10-19)15(20)3-2-4-16(21)22/h5-6,11H,2-4,7-10H2,1H3,(H,21,22). The minimum atomic E-state index is -3.80. The number of methoxy groups -OCH3 is 1. The second-order valence-corrected chi connectivity index (χ2v) is 8.17. The molecule has 0 unspecified atom stereocenters. The van der Waals surface area contributed by atoms with Crippen LogP contribution in [-0.4, -0.2) is 67.9 Å². The fourth-order valence-corrected chi connectivity index (χ4v) is 4.56. The predicted octanol–water partition coefficient (Wildman–Crippen LogP) is 1.44. The summed E-state index contributed by atoms with van der Waals surface area (Å²) in [5, 5.41) is 8.90. The Labute approximate surface area is 157 Å². The highest BCUT2D eigenvalue weighted by Gasteiger charge is 2.32. The molecule has 2 rings (SSSR count). The van der Waals surface area contributed by atoms with Crippen LogP contribution in [0.1, 0.15) is 19.3 Å². The maximum atomic E-state index is 12.9. The molecule has 1 fully saturated rings. The van der Waals surface area contributed by atoms with Crippen LogP contribution in [-0.2, 0) is 19.6 Å². The molecule has 0 saturated carbocycles. The number of amides is 1. The van der Waals surface area contributed by atoms with E-state index in [-0.39, 0.29) is 67.0 Å². The Morgan fingerprint density at radius 3 is 2.42 bits per heavy atom. The Balaban J connectivity index is 2.02. The molecule has 1 heterocycles. The number of hydrogen-bond donors (Lipinski definition) is 1. The number of nitrogens with zero attached hydrogens (tertiary/aromatic N) is 2. The highest BCUT2D eigenvalue weighted by atomic mass is 35.5. The molecule has 0 aromatic heterocycles. The summed E-state index contributed by atoms with van der Waals surface area (Å²) in [5.74, 6) is -0.894. The largest absolute Gasteiger partial charge is 0.495 e. The zero-order chi connectivity index (χ0) is 19.3. The van der Waals surface area contributed by atoms with Crippen molar-refractivity contribution in [3.63, 3.8) is 0 Å². The van der Waals surface area contributed by atoms with Crippen LogP contribution in [0.2, 0.25) is 5.02 Å². The van der Waals surface area contributed by atoms with Crippen LogP contribution in [0.15, 0.2) is 23.1 Å². The number of carbonyl (C=O) groups excluding carboxylic acids is 1. The molecule has 26 heavy (non-hydrogen) atoms. The van der Waals surface area contributed by atoms with Crippen molar-refractivity contribution in [1.29, 1.82) is 0 Å². The van der Waals surface area contributed by atoms with Gasteiger partial charge < -0.3 is 14.7 Å². The van der Waals surface area contributed by atoms with Crippen LogP contribution in [0, 0.1) is 0 Å². The maximum absolute atomic E-state index is 12.9. The minimum Gasteiger partial charge on any atom is -0.495 e. The third kappa shape index (κ3) is 4.87. The van der Waals surface area contributed by atoms with Gasteiger partial charge in [-0.25, -0.2) is 8.42 Å². The van der Waals surface area contributed by atoms with Gasteiger partial charge >= 0.3 is 5.97 Å². The summed E-state index contributed by atoms with van der Waals surface area (Å²) >= 11 is 5.92. The van der Waals surface area contributed by atoms with Gasteiger partial charge in [-0.1, -0.05) is 11.6 Å². The SMILES string of the molecule is COc1ccc(Cl)cc1S(=O)(=O)N1CCN(C(=O)CCCC(=O)O)CC1. The average Bonchev–Trinajstić information content (AvgIpc) is 2.61. The van der Waals surface area contributed by atoms with E-state index in [1.807, 2.05) is 0 Å². The third-order valence-corrected chi connectivity index (χ3v) is 6.27. The van der Waals surface area contributed by atoms with Crippen molar-refractivity contribution in [2.24, 2.45) is 0 Å². The average molecular weight is 405 g/mol. The lowest BCUT2D eigenvalue weighted by molar-refractivity contribution is -0.137. The Morgan fingerprint density at radius 2 is 1.85 bits per heavy atom. The molecular weight excluding hydrogens is 384 g/mol. The van der Waals surface area contributed by atoms with Crippen molar-refractivity contribution in [3.05, 3.63) is 23.2 Å². The monoisotopic (exact) mass is 404 g/mol. The van der Waals surface area contributed by atoms with Gasteiger partial charge in [-0.15, -0.1) is 0 Å². The predicted molar refractivity (Wildman–Crippen MR) is 94.8 cm³/mol. The van der Waals surface area contributed by atoms with E-state index < -0.39 is 16.0 Å². The lowest BCUT2D eigenvalue weighted by Gasteiger charge is -2.34. The van der Waals surface area contributed by atoms with Crippen LogP contribution >= 0.6 is 11.6 Å². The van der Waals surface area contributed by atoms with E-state index >= 15 is 0 Å². The number of aliphatic carboxylic acids is 1. The molecule has 8 nitrogen and oxygen atoms in total.